The van der Waals surface area contributed by atoms with Crippen molar-refractivity contribution in [1.29, 1.82) is 0 Å². The molecule has 1 aromatic carbocycles. The molecule has 11 nitrogen and oxygen atoms in total. The smallest absolute Gasteiger partial charge is 0.475 e. The molecular weight excluding hydrogens is 696 g/mol. The Morgan fingerprint density at radius 2 is 1.59 bits per heavy atom. The number of hydrogen-bond acceptors (Lipinski definition) is 7. The number of aromatic nitrogens is 1. The van der Waals surface area contributed by atoms with Gasteiger partial charge in [-0.15, -0.1) is 0 Å². The van der Waals surface area contributed by atoms with E-state index in [0.29, 0.717) is 31.2 Å². The molecule has 2 aliphatic rings. The van der Waals surface area contributed by atoms with Gasteiger partial charge in [0.2, 0.25) is 11.8 Å². The maximum atomic E-state index is 13.2. The predicted molar refractivity (Wildman–Crippen MR) is 155 cm³/mol. The van der Waals surface area contributed by atoms with E-state index < -0.39 is 30.3 Å². The van der Waals surface area contributed by atoms with Crippen LogP contribution < -0.4 is 16.4 Å². The highest BCUT2D eigenvalue weighted by Crippen LogP contribution is 2.25. The van der Waals surface area contributed by atoms with Crippen molar-refractivity contribution in [2.45, 2.75) is 63.6 Å². The molecule has 0 bridgehead atoms. The molecule has 2 aliphatic heterocycles. The number of carbonyl (C=O) groups excluding carboxylic acids is 2. The number of halogens is 7. The summed E-state index contributed by atoms with van der Waals surface area (Å²) in [5.74, 6) is -4.68. The number of nitrogen functional groups attached to an aromatic ring is 1. The lowest BCUT2D eigenvalue weighted by molar-refractivity contribution is -0.193. The second-order valence-corrected chi connectivity index (χ2v) is 11.3. The van der Waals surface area contributed by atoms with Crippen molar-refractivity contribution >= 4 is 45.5 Å². The summed E-state index contributed by atoms with van der Waals surface area (Å²) in [6.45, 7) is 3.71. The number of hydrogen-bond donors (Lipinski definition) is 5. The summed E-state index contributed by atoms with van der Waals surface area (Å²) in [4.78, 5) is 49.9. The largest absolute Gasteiger partial charge is 0.490 e. The maximum absolute atomic E-state index is 13.2. The van der Waals surface area contributed by atoms with Crippen molar-refractivity contribution in [3.63, 3.8) is 0 Å². The number of anilines is 1. The van der Waals surface area contributed by atoms with Crippen molar-refractivity contribution in [3.8, 4) is 0 Å². The van der Waals surface area contributed by atoms with E-state index in [2.05, 4.69) is 55.8 Å². The minimum absolute atomic E-state index is 0.0475. The number of nitrogens with one attached hydrogen (secondary N) is 2. The second kappa shape index (κ2) is 16.6. The predicted octanol–water partition coefficient (Wildman–Crippen LogP) is 3.83. The number of likely N-dealkylation sites (tertiary alicyclic amines) is 1. The molecule has 0 radical (unpaired) electrons. The minimum Gasteiger partial charge on any atom is -0.475 e. The summed E-state index contributed by atoms with van der Waals surface area (Å²) in [6.07, 6.45) is -6.87. The highest BCUT2D eigenvalue weighted by Gasteiger charge is 2.40. The zero-order valence-corrected chi connectivity index (χ0v) is 25.9. The normalized spacial score (nSPS) is 19.3. The Bertz CT molecular complexity index is 1350. The van der Waals surface area contributed by atoms with Crippen molar-refractivity contribution in [3.05, 3.63) is 57.7 Å². The first-order valence-corrected chi connectivity index (χ1v) is 14.5. The highest BCUT2D eigenvalue weighted by atomic mass is 79.9. The zero-order chi connectivity index (χ0) is 34.8. The Hall–Kier alpha value is -3.93. The van der Waals surface area contributed by atoms with Crippen LogP contribution in [0.1, 0.15) is 36.1 Å². The van der Waals surface area contributed by atoms with Gasteiger partial charge in [-0.3, -0.25) is 9.59 Å². The van der Waals surface area contributed by atoms with E-state index in [9.17, 15) is 35.9 Å². The monoisotopic (exact) mass is 727 g/mol. The van der Waals surface area contributed by atoms with E-state index in [1.807, 2.05) is 13.0 Å². The van der Waals surface area contributed by atoms with Gasteiger partial charge < -0.3 is 31.5 Å². The van der Waals surface area contributed by atoms with Crippen LogP contribution in [0.15, 0.2) is 40.9 Å². The van der Waals surface area contributed by atoms with Crippen molar-refractivity contribution in [1.82, 2.24) is 20.5 Å². The second-order valence-electron chi connectivity index (χ2n) is 10.4. The van der Waals surface area contributed by atoms with Crippen LogP contribution in [0, 0.1) is 12.8 Å². The number of carbonyl (C=O) groups is 4. The van der Waals surface area contributed by atoms with Gasteiger partial charge in [0, 0.05) is 23.3 Å². The molecule has 2 amide bonds. The van der Waals surface area contributed by atoms with Crippen molar-refractivity contribution < 1.29 is 55.7 Å². The third-order valence-electron chi connectivity index (χ3n) is 6.95. The molecule has 254 valence electrons. The standard InChI is InChI=1S/C24H30BrN5O2.2C2HF3O2/c1-15-18(6-9-22(26)29-15)14-28-23(31)21-3-2-10-30(21)24(32)20-12-17(13-27-20)11-16-4-7-19(25)8-5-16;2*3-2(4,5)1(6)7/h4-9,17,20-21,27H,2-3,10-14H2,1H3,(H2,26,29)(H,28,31);2*(H,6,7)/t17-,20+,21-;;/m0../s1. The van der Waals surface area contributed by atoms with Crippen LogP contribution in [0.2, 0.25) is 0 Å². The van der Waals surface area contributed by atoms with Crippen LogP contribution in [0.5, 0.6) is 0 Å². The minimum atomic E-state index is -5.08. The van der Waals surface area contributed by atoms with Crippen LogP contribution in [0.4, 0.5) is 32.2 Å². The van der Waals surface area contributed by atoms with E-state index in [4.69, 9.17) is 25.5 Å². The van der Waals surface area contributed by atoms with Gasteiger partial charge >= 0.3 is 24.3 Å². The molecule has 0 unspecified atom stereocenters. The topological polar surface area (TPSA) is 175 Å². The molecule has 2 saturated heterocycles. The molecule has 3 atom stereocenters. The average Bonchev–Trinajstić information content (AvgIpc) is 3.63. The Balaban J connectivity index is 0.000000440. The molecule has 0 spiro atoms. The number of carboxylic acids is 2. The van der Waals surface area contributed by atoms with E-state index in [1.165, 1.54) is 5.56 Å². The zero-order valence-electron chi connectivity index (χ0n) is 24.3. The maximum Gasteiger partial charge on any atom is 0.490 e. The first-order chi connectivity index (χ1) is 21.3. The van der Waals surface area contributed by atoms with Crippen LogP contribution in [-0.2, 0) is 32.1 Å². The Morgan fingerprint density at radius 1 is 1.02 bits per heavy atom. The van der Waals surface area contributed by atoms with E-state index >= 15 is 0 Å². The van der Waals surface area contributed by atoms with E-state index in [1.54, 1.807) is 11.0 Å². The van der Waals surface area contributed by atoms with Crippen molar-refractivity contribution in [2.75, 3.05) is 18.8 Å². The number of nitrogens with two attached hydrogens (primary N) is 1. The third kappa shape index (κ3) is 12.1. The lowest BCUT2D eigenvalue weighted by atomic mass is 9.96. The highest BCUT2D eigenvalue weighted by molar-refractivity contribution is 9.10. The number of nitrogens with zero attached hydrogens (tertiary/aromatic N) is 2. The van der Waals surface area contributed by atoms with Crippen LogP contribution in [0.3, 0.4) is 0 Å². The first-order valence-electron chi connectivity index (χ1n) is 13.7. The molecule has 46 heavy (non-hydrogen) atoms. The lowest BCUT2D eigenvalue weighted by Crippen LogP contribution is -2.51. The summed E-state index contributed by atoms with van der Waals surface area (Å²) >= 11 is 3.47. The molecule has 1 aromatic heterocycles. The van der Waals surface area contributed by atoms with Crippen molar-refractivity contribution in [2.24, 2.45) is 5.92 Å². The fraction of sp³-hybridized carbons (Fsp3) is 0.464. The van der Waals surface area contributed by atoms with Gasteiger partial charge in [0.1, 0.15) is 11.9 Å². The summed E-state index contributed by atoms with van der Waals surface area (Å²) in [5.41, 5.74) is 8.71. The molecule has 3 heterocycles. The molecule has 18 heteroatoms. The van der Waals surface area contributed by atoms with Crippen LogP contribution in [0.25, 0.3) is 0 Å². The number of aryl methyl sites for hydroxylation is 1. The number of alkyl halides is 6. The van der Waals surface area contributed by atoms with E-state index in [-0.39, 0.29) is 17.9 Å². The summed E-state index contributed by atoms with van der Waals surface area (Å²) < 4.78 is 64.5. The fourth-order valence-electron chi connectivity index (χ4n) is 4.71. The van der Waals surface area contributed by atoms with Gasteiger partial charge in [0.05, 0.1) is 6.04 Å². The molecule has 0 saturated carbocycles. The summed E-state index contributed by atoms with van der Waals surface area (Å²) in [5, 5.41) is 20.6. The number of amides is 2. The molecule has 2 fully saturated rings. The number of carboxylic acid groups (broad SMARTS) is 2. The molecule has 6 N–H and O–H groups in total. The van der Waals surface area contributed by atoms with Gasteiger partial charge in [-0.05, 0) is 74.4 Å². The van der Waals surface area contributed by atoms with Crippen LogP contribution >= 0.6 is 15.9 Å². The number of pyridine rings is 1. The molecule has 2 aromatic rings. The van der Waals surface area contributed by atoms with Gasteiger partial charge in [-0.2, -0.15) is 26.3 Å². The number of rotatable bonds is 6. The molecule has 4 rings (SSSR count). The Morgan fingerprint density at radius 3 is 2.11 bits per heavy atom. The van der Waals surface area contributed by atoms with Gasteiger partial charge in [0.15, 0.2) is 0 Å². The average molecular weight is 728 g/mol. The fourth-order valence-corrected chi connectivity index (χ4v) is 4.97. The third-order valence-corrected chi connectivity index (χ3v) is 7.48. The summed E-state index contributed by atoms with van der Waals surface area (Å²) in [6, 6.07) is 11.3. The van der Waals surface area contributed by atoms with E-state index in [0.717, 1.165) is 41.5 Å². The van der Waals surface area contributed by atoms with Gasteiger partial charge in [-0.1, -0.05) is 34.1 Å². The lowest BCUT2D eigenvalue weighted by Gasteiger charge is -2.27. The first kappa shape index (κ1) is 38.3. The Labute approximate surface area is 267 Å². The number of benzene rings is 1. The van der Waals surface area contributed by atoms with Crippen LogP contribution in [-0.4, -0.2) is 81.4 Å². The number of aliphatic carboxylic acids is 2. The molecular formula is C28H32BrF6N5O6. The Kier molecular flexibility index (Phi) is 13.8. The van der Waals surface area contributed by atoms with Gasteiger partial charge in [-0.25, -0.2) is 14.6 Å². The quantitative estimate of drug-likeness (QED) is 0.277. The SMILES string of the molecule is Cc1nc(N)ccc1CNC(=O)[C@@H]1CCCN1C(=O)[C@H]1C[C@H](Cc2ccc(Br)cc2)CN1.O=C(O)C(F)(F)F.O=C(O)C(F)(F)F. The molecule has 0 aliphatic carbocycles. The van der Waals surface area contributed by atoms with Gasteiger partial charge in [0.25, 0.3) is 0 Å². The summed E-state index contributed by atoms with van der Waals surface area (Å²) in [7, 11) is 0.